The van der Waals surface area contributed by atoms with E-state index in [2.05, 4.69) is 57.3 Å². The van der Waals surface area contributed by atoms with Crippen LogP contribution in [0.4, 0.5) is 0 Å². The Labute approximate surface area is 113 Å². The van der Waals surface area contributed by atoms with Gasteiger partial charge in [-0.15, -0.1) is 0 Å². The van der Waals surface area contributed by atoms with E-state index in [0.717, 1.165) is 31.3 Å². The average Bonchev–Trinajstić information content (AvgIpc) is 2.39. The first kappa shape index (κ1) is 15.2. The lowest BCUT2D eigenvalue weighted by Crippen LogP contribution is -2.26. The minimum atomic E-state index is 0.738. The van der Waals surface area contributed by atoms with E-state index < -0.39 is 0 Å². The fourth-order valence-electron chi connectivity index (χ4n) is 2.19. The fourth-order valence-corrected chi connectivity index (χ4v) is 2.19. The van der Waals surface area contributed by atoms with Gasteiger partial charge in [-0.1, -0.05) is 52.0 Å². The van der Waals surface area contributed by atoms with Crippen molar-refractivity contribution in [3.63, 3.8) is 0 Å². The molecule has 0 saturated carbocycles. The fraction of sp³-hybridized carbons (Fsp3) is 0.647. The lowest BCUT2D eigenvalue weighted by atomic mass is 9.89. The molecule has 18 heavy (non-hydrogen) atoms. The van der Waals surface area contributed by atoms with Crippen molar-refractivity contribution >= 4 is 0 Å². The molecule has 0 amide bonds. The predicted molar refractivity (Wildman–Crippen MR) is 81.0 cm³/mol. The molecule has 0 fully saturated rings. The molecule has 2 atom stereocenters. The van der Waals surface area contributed by atoms with Gasteiger partial charge in [0.25, 0.3) is 0 Å². The molecule has 0 spiro atoms. The second-order valence-electron chi connectivity index (χ2n) is 5.53. The van der Waals surface area contributed by atoms with Gasteiger partial charge in [0.15, 0.2) is 0 Å². The first-order valence-electron chi connectivity index (χ1n) is 7.45. The van der Waals surface area contributed by atoms with Gasteiger partial charge in [0.1, 0.15) is 0 Å². The molecular formula is C17H29N. The molecule has 0 bridgehead atoms. The van der Waals surface area contributed by atoms with Crippen LogP contribution in [0.2, 0.25) is 0 Å². The van der Waals surface area contributed by atoms with Crippen LogP contribution in [-0.4, -0.2) is 13.1 Å². The lowest BCUT2D eigenvalue weighted by Gasteiger charge is -2.20. The smallest absolute Gasteiger partial charge is 0.00205 e. The highest BCUT2D eigenvalue weighted by molar-refractivity contribution is 5.22. The van der Waals surface area contributed by atoms with Gasteiger partial charge in [0, 0.05) is 0 Å². The number of rotatable bonds is 8. The van der Waals surface area contributed by atoms with E-state index >= 15 is 0 Å². The molecule has 0 aliphatic rings. The summed E-state index contributed by atoms with van der Waals surface area (Å²) < 4.78 is 0. The third kappa shape index (κ3) is 5.22. The van der Waals surface area contributed by atoms with E-state index in [0.29, 0.717) is 0 Å². The summed E-state index contributed by atoms with van der Waals surface area (Å²) in [5.41, 5.74) is 2.91. The zero-order valence-electron chi connectivity index (χ0n) is 12.5. The molecule has 0 aliphatic heterocycles. The highest BCUT2D eigenvalue weighted by Crippen LogP contribution is 2.17. The first-order chi connectivity index (χ1) is 8.67. The summed E-state index contributed by atoms with van der Waals surface area (Å²) in [7, 11) is 0. The SMILES string of the molecule is CCCNCC(C)C(C)Cc1ccc(CC)cc1. The Balaban J connectivity index is 2.39. The van der Waals surface area contributed by atoms with E-state index in [1.165, 1.54) is 24.0 Å². The summed E-state index contributed by atoms with van der Waals surface area (Å²) in [5, 5.41) is 3.52. The molecular weight excluding hydrogens is 218 g/mol. The Hall–Kier alpha value is -0.820. The molecule has 1 rings (SSSR count). The molecule has 1 N–H and O–H groups in total. The van der Waals surface area contributed by atoms with Crippen LogP contribution in [0.15, 0.2) is 24.3 Å². The van der Waals surface area contributed by atoms with Crippen molar-refractivity contribution < 1.29 is 0 Å². The Morgan fingerprint density at radius 1 is 0.944 bits per heavy atom. The van der Waals surface area contributed by atoms with Crippen molar-refractivity contribution in [2.75, 3.05) is 13.1 Å². The van der Waals surface area contributed by atoms with E-state index in [-0.39, 0.29) is 0 Å². The van der Waals surface area contributed by atoms with Gasteiger partial charge in [-0.25, -0.2) is 0 Å². The topological polar surface area (TPSA) is 12.0 Å². The first-order valence-corrected chi connectivity index (χ1v) is 7.45. The van der Waals surface area contributed by atoms with Crippen LogP contribution in [0.5, 0.6) is 0 Å². The highest BCUT2D eigenvalue weighted by Gasteiger charge is 2.12. The molecule has 0 aromatic heterocycles. The number of hydrogen-bond donors (Lipinski definition) is 1. The number of hydrogen-bond acceptors (Lipinski definition) is 1. The van der Waals surface area contributed by atoms with Gasteiger partial charge in [-0.2, -0.15) is 0 Å². The molecule has 1 aromatic rings. The third-order valence-corrected chi connectivity index (χ3v) is 3.85. The maximum atomic E-state index is 3.52. The zero-order valence-corrected chi connectivity index (χ0v) is 12.5. The van der Waals surface area contributed by atoms with Gasteiger partial charge in [0.05, 0.1) is 0 Å². The van der Waals surface area contributed by atoms with Gasteiger partial charge >= 0.3 is 0 Å². The average molecular weight is 247 g/mol. The predicted octanol–water partition coefficient (Wildman–Crippen LogP) is 4.06. The number of aryl methyl sites for hydroxylation is 1. The highest BCUT2D eigenvalue weighted by atomic mass is 14.8. The summed E-state index contributed by atoms with van der Waals surface area (Å²) >= 11 is 0. The van der Waals surface area contributed by atoms with E-state index in [1.54, 1.807) is 0 Å². The van der Waals surface area contributed by atoms with Crippen LogP contribution in [0.25, 0.3) is 0 Å². The van der Waals surface area contributed by atoms with Gasteiger partial charge in [0.2, 0.25) is 0 Å². The van der Waals surface area contributed by atoms with E-state index in [4.69, 9.17) is 0 Å². The maximum absolute atomic E-state index is 3.52. The minimum Gasteiger partial charge on any atom is -0.316 e. The van der Waals surface area contributed by atoms with Crippen molar-refractivity contribution in [2.45, 2.75) is 47.0 Å². The van der Waals surface area contributed by atoms with Crippen molar-refractivity contribution in [3.8, 4) is 0 Å². The molecule has 2 unspecified atom stereocenters. The van der Waals surface area contributed by atoms with Gasteiger partial charge < -0.3 is 5.32 Å². The lowest BCUT2D eigenvalue weighted by molar-refractivity contribution is 0.365. The molecule has 0 aliphatic carbocycles. The molecule has 102 valence electrons. The maximum Gasteiger partial charge on any atom is -0.00205 e. The molecule has 0 saturated heterocycles. The second-order valence-corrected chi connectivity index (χ2v) is 5.53. The van der Waals surface area contributed by atoms with Crippen molar-refractivity contribution in [1.29, 1.82) is 0 Å². The van der Waals surface area contributed by atoms with E-state index in [1.807, 2.05) is 0 Å². The quantitative estimate of drug-likeness (QED) is 0.683. The number of benzene rings is 1. The Bertz CT molecular complexity index is 315. The summed E-state index contributed by atoms with van der Waals surface area (Å²) in [6.07, 6.45) is 3.55. The molecule has 0 radical (unpaired) electrons. The molecule has 1 nitrogen and oxygen atoms in total. The third-order valence-electron chi connectivity index (χ3n) is 3.85. The van der Waals surface area contributed by atoms with Crippen molar-refractivity contribution in [2.24, 2.45) is 11.8 Å². The van der Waals surface area contributed by atoms with Crippen LogP contribution in [0, 0.1) is 11.8 Å². The Morgan fingerprint density at radius 2 is 1.56 bits per heavy atom. The Morgan fingerprint density at radius 3 is 2.11 bits per heavy atom. The summed E-state index contributed by atoms with van der Waals surface area (Å²) in [5.74, 6) is 1.48. The Kier molecular flexibility index (Phi) is 7.04. The number of nitrogens with one attached hydrogen (secondary N) is 1. The minimum absolute atomic E-state index is 0.738. The zero-order chi connectivity index (χ0) is 13.4. The van der Waals surface area contributed by atoms with Crippen LogP contribution in [0.3, 0.4) is 0 Å². The standard InChI is InChI=1S/C17H29N/c1-5-11-18-13-15(4)14(3)12-17-9-7-16(6-2)8-10-17/h7-10,14-15,18H,5-6,11-13H2,1-4H3. The van der Waals surface area contributed by atoms with Crippen LogP contribution in [0.1, 0.15) is 45.2 Å². The largest absolute Gasteiger partial charge is 0.316 e. The second kappa shape index (κ2) is 8.31. The van der Waals surface area contributed by atoms with Gasteiger partial charge in [-0.3, -0.25) is 0 Å². The summed E-state index contributed by atoms with van der Waals surface area (Å²) in [4.78, 5) is 0. The summed E-state index contributed by atoms with van der Waals surface area (Å²) in [6.45, 7) is 11.4. The normalized spacial score (nSPS) is 14.4. The van der Waals surface area contributed by atoms with Crippen LogP contribution >= 0.6 is 0 Å². The van der Waals surface area contributed by atoms with Crippen LogP contribution < -0.4 is 5.32 Å². The molecule has 0 heterocycles. The van der Waals surface area contributed by atoms with Crippen molar-refractivity contribution in [3.05, 3.63) is 35.4 Å². The molecule has 1 aromatic carbocycles. The van der Waals surface area contributed by atoms with Crippen LogP contribution in [-0.2, 0) is 12.8 Å². The summed E-state index contributed by atoms with van der Waals surface area (Å²) in [6, 6.07) is 9.12. The van der Waals surface area contributed by atoms with E-state index in [9.17, 15) is 0 Å². The van der Waals surface area contributed by atoms with Crippen molar-refractivity contribution in [1.82, 2.24) is 5.32 Å². The monoisotopic (exact) mass is 247 g/mol. The van der Waals surface area contributed by atoms with Gasteiger partial charge in [-0.05, 0) is 55.3 Å². The molecule has 1 heteroatoms.